The van der Waals surface area contributed by atoms with Crippen LogP contribution in [0, 0.1) is 11.8 Å². The lowest BCUT2D eigenvalue weighted by atomic mass is 9.87. The fraction of sp³-hybridized carbons (Fsp3) is 0.474. The molecule has 0 bridgehead atoms. The molecule has 2 atom stereocenters. The molecule has 0 saturated heterocycles. The Morgan fingerprint density at radius 2 is 1.86 bits per heavy atom. The molecule has 1 N–H and O–H groups in total. The van der Waals surface area contributed by atoms with Gasteiger partial charge in [0.2, 0.25) is 0 Å². The van der Waals surface area contributed by atoms with Gasteiger partial charge < -0.3 is 10.1 Å². The van der Waals surface area contributed by atoms with E-state index < -0.39 is 0 Å². The van der Waals surface area contributed by atoms with Crippen molar-refractivity contribution in [3.8, 4) is 5.75 Å². The van der Waals surface area contributed by atoms with Crippen LogP contribution in [0.1, 0.15) is 38.3 Å². The summed E-state index contributed by atoms with van der Waals surface area (Å²) in [5.74, 6) is 2.53. The summed E-state index contributed by atoms with van der Waals surface area (Å²) in [5, 5.41) is 6.24. The maximum absolute atomic E-state index is 5.52. The Morgan fingerprint density at radius 1 is 1.14 bits per heavy atom. The number of hydrogen-bond acceptors (Lipinski definition) is 2. The maximum Gasteiger partial charge on any atom is 0.126 e. The summed E-state index contributed by atoms with van der Waals surface area (Å²) in [6, 6.07) is 13.4. The quantitative estimate of drug-likeness (QED) is 0.840. The zero-order valence-electron chi connectivity index (χ0n) is 13.2. The summed E-state index contributed by atoms with van der Waals surface area (Å²) in [4.78, 5) is 0. The van der Waals surface area contributed by atoms with Crippen LogP contribution < -0.4 is 10.1 Å². The molecule has 1 aliphatic rings. The molecule has 0 heterocycles. The fourth-order valence-electron chi connectivity index (χ4n) is 3.44. The Balaban J connectivity index is 2.08. The molecule has 0 radical (unpaired) electrons. The Hall–Kier alpha value is -1.54. The molecular weight excluding hydrogens is 258 g/mol. The Kier molecular flexibility index (Phi) is 4.16. The molecule has 21 heavy (non-hydrogen) atoms. The van der Waals surface area contributed by atoms with Crippen LogP contribution >= 0.6 is 0 Å². The van der Waals surface area contributed by atoms with Crippen molar-refractivity contribution in [3.63, 3.8) is 0 Å². The van der Waals surface area contributed by atoms with Gasteiger partial charge in [0.05, 0.1) is 7.11 Å². The largest absolute Gasteiger partial charge is 0.496 e. The average Bonchev–Trinajstić information content (AvgIpc) is 3.36. The van der Waals surface area contributed by atoms with Crippen molar-refractivity contribution in [2.45, 2.75) is 32.7 Å². The number of rotatable bonds is 6. The van der Waals surface area contributed by atoms with Crippen LogP contribution in [0.2, 0.25) is 0 Å². The van der Waals surface area contributed by atoms with E-state index in [1.165, 1.54) is 29.2 Å². The van der Waals surface area contributed by atoms with E-state index in [1.807, 2.05) is 0 Å². The van der Waals surface area contributed by atoms with Gasteiger partial charge in [-0.1, -0.05) is 44.2 Å². The minimum atomic E-state index is 0.429. The zero-order chi connectivity index (χ0) is 14.8. The molecule has 0 aromatic heterocycles. The first-order valence-electron chi connectivity index (χ1n) is 8.05. The van der Waals surface area contributed by atoms with E-state index in [9.17, 15) is 0 Å². The van der Waals surface area contributed by atoms with E-state index in [2.05, 4.69) is 55.6 Å². The highest BCUT2D eigenvalue weighted by Gasteiger charge is 2.34. The van der Waals surface area contributed by atoms with E-state index in [4.69, 9.17) is 4.74 Å². The van der Waals surface area contributed by atoms with E-state index in [0.717, 1.165) is 18.2 Å². The van der Waals surface area contributed by atoms with E-state index >= 15 is 0 Å². The lowest BCUT2D eigenvalue weighted by molar-refractivity contribution is 0.356. The number of ether oxygens (including phenoxy) is 1. The second-order valence-corrected chi connectivity index (χ2v) is 6.13. The van der Waals surface area contributed by atoms with Crippen LogP contribution in [-0.4, -0.2) is 13.7 Å². The third-order valence-corrected chi connectivity index (χ3v) is 4.79. The second-order valence-electron chi connectivity index (χ2n) is 6.13. The highest BCUT2D eigenvalue weighted by Crippen LogP contribution is 2.44. The van der Waals surface area contributed by atoms with Gasteiger partial charge in [0, 0.05) is 11.4 Å². The van der Waals surface area contributed by atoms with E-state index in [1.54, 1.807) is 7.11 Å². The predicted molar refractivity (Wildman–Crippen MR) is 88.8 cm³/mol. The van der Waals surface area contributed by atoms with Crippen LogP contribution in [0.4, 0.5) is 0 Å². The minimum absolute atomic E-state index is 0.429. The second kappa shape index (κ2) is 6.07. The minimum Gasteiger partial charge on any atom is -0.496 e. The predicted octanol–water partition coefficient (Wildman–Crippen LogP) is 4.55. The van der Waals surface area contributed by atoms with Gasteiger partial charge in [-0.2, -0.15) is 0 Å². The number of fused-ring (bicyclic) bond motifs is 1. The van der Waals surface area contributed by atoms with Crippen molar-refractivity contribution in [1.82, 2.24) is 5.32 Å². The molecule has 2 nitrogen and oxygen atoms in total. The molecule has 0 amide bonds. The smallest absolute Gasteiger partial charge is 0.126 e. The molecule has 1 aliphatic carbocycles. The first kappa shape index (κ1) is 14.4. The normalized spacial score (nSPS) is 17.7. The molecule has 112 valence electrons. The number of hydrogen-bond donors (Lipinski definition) is 1. The van der Waals surface area contributed by atoms with E-state index in [0.29, 0.717) is 12.0 Å². The van der Waals surface area contributed by atoms with Crippen molar-refractivity contribution in [2.24, 2.45) is 11.8 Å². The molecule has 0 spiro atoms. The van der Waals surface area contributed by atoms with Crippen LogP contribution in [-0.2, 0) is 0 Å². The van der Waals surface area contributed by atoms with Crippen LogP contribution in [0.25, 0.3) is 10.8 Å². The SMILES string of the molecule is CCNC(c1ccc(OC)c2ccccc12)C(C)C1CC1. The molecule has 3 rings (SSSR count). The van der Waals surface area contributed by atoms with Crippen molar-refractivity contribution >= 4 is 10.8 Å². The van der Waals surface area contributed by atoms with Gasteiger partial charge in [0.1, 0.15) is 5.75 Å². The fourth-order valence-corrected chi connectivity index (χ4v) is 3.44. The summed E-state index contributed by atoms with van der Waals surface area (Å²) in [6.45, 7) is 5.59. The summed E-state index contributed by atoms with van der Waals surface area (Å²) in [5.41, 5.74) is 1.41. The van der Waals surface area contributed by atoms with Crippen LogP contribution in [0.5, 0.6) is 5.75 Å². The summed E-state index contributed by atoms with van der Waals surface area (Å²) < 4.78 is 5.52. The number of nitrogens with one attached hydrogen (secondary N) is 1. The Labute approximate surface area is 127 Å². The summed E-state index contributed by atoms with van der Waals surface area (Å²) in [6.07, 6.45) is 2.77. The summed E-state index contributed by atoms with van der Waals surface area (Å²) in [7, 11) is 1.75. The Morgan fingerprint density at radius 3 is 2.48 bits per heavy atom. The molecule has 2 aromatic carbocycles. The molecule has 0 aliphatic heterocycles. The number of methoxy groups -OCH3 is 1. The highest BCUT2D eigenvalue weighted by molar-refractivity contribution is 5.91. The Bertz CT molecular complexity index is 618. The molecule has 1 fully saturated rings. The topological polar surface area (TPSA) is 21.3 Å². The lowest BCUT2D eigenvalue weighted by Crippen LogP contribution is -2.28. The molecule has 2 unspecified atom stereocenters. The van der Waals surface area contributed by atoms with Gasteiger partial charge in [-0.25, -0.2) is 0 Å². The van der Waals surface area contributed by atoms with Gasteiger partial charge in [-0.05, 0) is 48.2 Å². The lowest BCUT2D eigenvalue weighted by Gasteiger charge is -2.27. The summed E-state index contributed by atoms with van der Waals surface area (Å²) >= 11 is 0. The van der Waals surface area contributed by atoms with Crippen molar-refractivity contribution in [3.05, 3.63) is 42.0 Å². The molecule has 1 saturated carbocycles. The standard InChI is InChI=1S/C19H25NO/c1-4-20-19(13(2)14-9-10-14)17-11-12-18(21-3)16-8-6-5-7-15(16)17/h5-8,11-14,19-20H,4,9-10H2,1-3H3. The molecule has 2 heteroatoms. The van der Waals surface area contributed by atoms with Crippen molar-refractivity contribution in [2.75, 3.05) is 13.7 Å². The van der Waals surface area contributed by atoms with Gasteiger partial charge in [0.15, 0.2) is 0 Å². The van der Waals surface area contributed by atoms with Gasteiger partial charge in [-0.3, -0.25) is 0 Å². The first-order valence-corrected chi connectivity index (χ1v) is 8.05. The third-order valence-electron chi connectivity index (χ3n) is 4.79. The van der Waals surface area contributed by atoms with Gasteiger partial charge in [-0.15, -0.1) is 0 Å². The molecular formula is C19H25NO. The van der Waals surface area contributed by atoms with Crippen molar-refractivity contribution in [1.29, 1.82) is 0 Å². The monoisotopic (exact) mass is 283 g/mol. The highest BCUT2D eigenvalue weighted by atomic mass is 16.5. The van der Waals surface area contributed by atoms with Crippen LogP contribution in [0.3, 0.4) is 0 Å². The van der Waals surface area contributed by atoms with Crippen LogP contribution in [0.15, 0.2) is 36.4 Å². The average molecular weight is 283 g/mol. The van der Waals surface area contributed by atoms with Gasteiger partial charge in [0.25, 0.3) is 0 Å². The van der Waals surface area contributed by atoms with Crippen molar-refractivity contribution < 1.29 is 4.74 Å². The third kappa shape index (κ3) is 2.77. The maximum atomic E-state index is 5.52. The van der Waals surface area contributed by atoms with E-state index in [-0.39, 0.29) is 0 Å². The van der Waals surface area contributed by atoms with Gasteiger partial charge >= 0.3 is 0 Å². The first-order chi connectivity index (χ1) is 10.3. The zero-order valence-corrected chi connectivity index (χ0v) is 13.2. The number of benzene rings is 2. The molecule has 2 aromatic rings.